The highest BCUT2D eigenvalue weighted by atomic mass is 17.0. The van der Waals surface area contributed by atoms with E-state index in [0.29, 0.717) is 11.4 Å². The SMILES string of the molecule is Cc1cc(NC(=O)C(C)N)cc(C)c1OCCO[N+](=O)[O-]. The first kappa shape index (κ1) is 16.7. The summed E-state index contributed by atoms with van der Waals surface area (Å²) in [4.78, 5) is 25.7. The van der Waals surface area contributed by atoms with Crippen LogP contribution in [0.1, 0.15) is 18.1 Å². The fourth-order valence-electron chi connectivity index (χ4n) is 1.76. The molecule has 1 amide bonds. The Bertz CT molecular complexity index is 508. The van der Waals surface area contributed by atoms with E-state index in [4.69, 9.17) is 10.5 Å². The van der Waals surface area contributed by atoms with Crippen LogP contribution in [0.2, 0.25) is 0 Å². The summed E-state index contributed by atoms with van der Waals surface area (Å²) in [6.07, 6.45) is 0. The fraction of sp³-hybridized carbons (Fsp3) is 0.462. The summed E-state index contributed by atoms with van der Waals surface area (Å²) in [5.74, 6) is 0.336. The zero-order valence-corrected chi connectivity index (χ0v) is 12.2. The number of anilines is 1. The molecule has 0 saturated carbocycles. The normalized spacial score (nSPS) is 11.6. The van der Waals surface area contributed by atoms with Crippen LogP contribution in [0.15, 0.2) is 12.1 Å². The van der Waals surface area contributed by atoms with Crippen molar-refractivity contribution in [3.63, 3.8) is 0 Å². The summed E-state index contributed by atoms with van der Waals surface area (Å²) >= 11 is 0. The molecule has 8 nitrogen and oxygen atoms in total. The second-order valence-corrected chi connectivity index (χ2v) is 4.62. The molecule has 1 unspecified atom stereocenters. The van der Waals surface area contributed by atoms with Gasteiger partial charge in [-0.3, -0.25) is 4.79 Å². The van der Waals surface area contributed by atoms with Crippen LogP contribution in [0, 0.1) is 24.0 Å². The van der Waals surface area contributed by atoms with E-state index in [9.17, 15) is 14.9 Å². The lowest BCUT2D eigenvalue weighted by molar-refractivity contribution is -0.757. The second kappa shape index (κ2) is 7.44. The van der Waals surface area contributed by atoms with E-state index < -0.39 is 11.1 Å². The molecule has 0 aliphatic heterocycles. The molecule has 0 bridgehead atoms. The van der Waals surface area contributed by atoms with Crippen molar-refractivity contribution >= 4 is 11.6 Å². The Balaban J connectivity index is 2.71. The largest absolute Gasteiger partial charge is 0.491 e. The van der Waals surface area contributed by atoms with E-state index >= 15 is 0 Å². The van der Waals surface area contributed by atoms with Crippen molar-refractivity contribution in [1.82, 2.24) is 0 Å². The molecule has 3 N–H and O–H groups in total. The quantitative estimate of drug-likeness (QED) is 0.443. The van der Waals surface area contributed by atoms with Gasteiger partial charge in [0.25, 0.3) is 5.09 Å². The van der Waals surface area contributed by atoms with E-state index in [0.717, 1.165) is 11.1 Å². The summed E-state index contributed by atoms with van der Waals surface area (Å²) in [5, 5.41) is 11.9. The molecule has 0 fully saturated rings. The number of aryl methyl sites for hydroxylation is 2. The molecule has 8 heteroatoms. The number of nitrogens with zero attached hydrogens (tertiary/aromatic N) is 1. The van der Waals surface area contributed by atoms with Gasteiger partial charge in [0, 0.05) is 5.69 Å². The molecule has 116 valence electrons. The molecule has 1 rings (SSSR count). The Morgan fingerprint density at radius 2 is 1.95 bits per heavy atom. The molecule has 0 radical (unpaired) electrons. The van der Waals surface area contributed by atoms with Gasteiger partial charge in [-0.25, -0.2) is 0 Å². The van der Waals surface area contributed by atoms with Crippen molar-refractivity contribution in [3.8, 4) is 5.75 Å². The predicted molar refractivity (Wildman–Crippen MR) is 76.6 cm³/mol. The van der Waals surface area contributed by atoms with Gasteiger partial charge in [0.15, 0.2) is 0 Å². The van der Waals surface area contributed by atoms with Crippen molar-refractivity contribution < 1.29 is 19.5 Å². The number of rotatable bonds is 7. The third kappa shape index (κ3) is 5.27. The van der Waals surface area contributed by atoms with E-state index in [1.807, 2.05) is 13.8 Å². The first-order valence-electron chi connectivity index (χ1n) is 6.39. The highest BCUT2D eigenvalue weighted by molar-refractivity contribution is 5.94. The van der Waals surface area contributed by atoms with Crippen LogP contribution < -0.4 is 15.8 Å². The van der Waals surface area contributed by atoms with Crippen LogP contribution in [0.25, 0.3) is 0 Å². The Labute approximate surface area is 122 Å². The summed E-state index contributed by atoms with van der Waals surface area (Å²) in [5.41, 5.74) is 7.72. The number of nitrogens with two attached hydrogens (primary N) is 1. The van der Waals surface area contributed by atoms with Crippen LogP contribution in [0.5, 0.6) is 5.75 Å². The maximum atomic E-state index is 11.5. The van der Waals surface area contributed by atoms with Crippen molar-refractivity contribution in [3.05, 3.63) is 33.4 Å². The highest BCUT2D eigenvalue weighted by Gasteiger charge is 2.11. The van der Waals surface area contributed by atoms with Gasteiger partial charge < -0.3 is 20.6 Å². The molecule has 0 spiro atoms. The van der Waals surface area contributed by atoms with E-state index in [2.05, 4.69) is 10.2 Å². The monoisotopic (exact) mass is 297 g/mol. The van der Waals surface area contributed by atoms with Crippen LogP contribution in [0.3, 0.4) is 0 Å². The molecule has 0 heterocycles. The summed E-state index contributed by atoms with van der Waals surface area (Å²) in [6, 6.07) is 2.90. The topological polar surface area (TPSA) is 117 Å². The lowest BCUT2D eigenvalue weighted by Gasteiger charge is -2.15. The molecule has 21 heavy (non-hydrogen) atoms. The molecule has 1 aromatic carbocycles. The van der Waals surface area contributed by atoms with Crippen molar-refractivity contribution in [2.75, 3.05) is 18.5 Å². The second-order valence-electron chi connectivity index (χ2n) is 4.62. The molecule has 0 aliphatic carbocycles. The minimum absolute atomic E-state index is 0.0637. The van der Waals surface area contributed by atoms with E-state index in [1.165, 1.54) is 0 Å². The van der Waals surface area contributed by atoms with Crippen LogP contribution in [-0.2, 0) is 9.63 Å². The van der Waals surface area contributed by atoms with Crippen LogP contribution >= 0.6 is 0 Å². The maximum absolute atomic E-state index is 11.5. The Hall–Kier alpha value is -2.35. The van der Waals surface area contributed by atoms with E-state index in [1.54, 1.807) is 19.1 Å². The number of carbonyl (C=O) groups excluding carboxylic acids is 1. The summed E-state index contributed by atoms with van der Waals surface area (Å²) in [6.45, 7) is 5.15. The number of hydrogen-bond donors (Lipinski definition) is 2. The van der Waals surface area contributed by atoms with Gasteiger partial charge in [0.05, 0.1) is 6.04 Å². The number of carbonyl (C=O) groups is 1. The molecule has 0 saturated heterocycles. The summed E-state index contributed by atoms with van der Waals surface area (Å²) in [7, 11) is 0. The van der Waals surface area contributed by atoms with Crippen molar-refractivity contribution in [1.29, 1.82) is 0 Å². The Morgan fingerprint density at radius 1 is 1.38 bits per heavy atom. The van der Waals surface area contributed by atoms with Gasteiger partial charge >= 0.3 is 0 Å². The number of benzene rings is 1. The Kier molecular flexibility index (Phi) is 5.92. The maximum Gasteiger partial charge on any atom is 0.294 e. The zero-order valence-electron chi connectivity index (χ0n) is 12.2. The minimum Gasteiger partial charge on any atom is -0.491 e. The van der Waals surface area contributed by atoms with Gasteiger partial charge in [0.2, 0.25) is 5.91 Å². The van der Waals surface area contributed by atoms with Gasteiger partial charge in [-0.05, 0) is 44.0 Å². The molecule has 1 aromatic rings. The van der Waals surface area contributed by atoms with Crippen molar-refractivity contribution in [2.45, 2.75) is 26.8 Å². The number of amides is 1. The first-order chi connectivity index (χ1) is 9.81. The number of ether oxygens (including phenoxy) is 1. The molecule has 0 aliphatic rings. The Morgan fingerprint density at radius 3 is 2.43 bits per heavy atom. The average Bonchev–Trinajstić information content (AvgIpc) is 2.36. The molecule has 1 atom stereocenters. The zero-order chi connectivity index (χ0) is 16.0. The average molecular weight is 297 g/mol. The minimum atomic E-state index is -0.865. The smallest absolute Gasteiger partial charge is 0.294 e. The number of nitrogens with one attached hydrogen (secondary N) is 1. The molecule has 0 aromatic heterocycles. The first-order valence-corrected chi connectivity index (χ1v) is 6.39. The standard InChI is InChI=1S/C13H19N3O5/c1-8-6-11(15-13(17)10(3)14)7-9(2)12(8)20-4-5-21-16(18)19/h6-7,10H,4-5,14H2,1-3H3,(H,15,17). The van der Waals surface area contributed by atoms with Crippen LogP contribution in [-0.4, -0.2) is 30.2 Å². The predicted octanol–water partition coefficient (Wildman–Crippen LogP) is 1.18. The molecular formula is C13H19N3O5. The van der Waals surface area contributed by atoms with Gasteiger partial charge in [-0.2, -0.15) is 0 Å². The lowest BCUT2D eigenvalue weighted by atomic mass is 10.1. The summed E-state index contributed by atoms with van der Waals surface area (Å²) < 4.78 is 5.46. The third-order valence-electron chi connectivity index (χ3n) is 2.67. The lowest BCUT2D eigenvalue weighted by Crippen LogP contribution is -2.32. The third-order valence-corrected chi connectivity index (χ3v) is 2.67. The highest BCUT2D eigenvalue weighted by Crippen LogP contribution is 2.27. The van der Waals surface area contributed by atoms with Gasteiger partial charge in [0.1, 0.15) is 19.0 Å². The van der Waals surface area contributed by atoms with Gasteiger partial charge in [-0.1, -0.05) is 0 Å². The fourth-order valence-corrected chi connectivity index (χ4v) is 1.76. The number of hydrogen-bond acceptors (Lipinski definition) is 6. The van der Waals surface area contributed by atoms with E-state index in [-0.39, 0.29) is 19.1 Å². The van der Waals surface area contributed by atoms with Gasteiger partial charge in [-0.15, -0.1) is 10.1 Å². The molecular weight excluding hydrogens is 278 g/mol. The van der Waals surface area contributed by atoms with Crippen LogP contribution in [0.4, 0.5) is 5.69 Å². The van der Waals surface area contributed by atoms with Crippen molar-refractivity contribution in [2.24, 2.45) is 5.73 Å².